The van der Waals surface area contributed by atoms with Gasteiger partial charge in [0, 0.05) is 31.9 Å². The molecule has 0 unspecified atom stereocenters. The number of carbonyl (C=O) groups excluding carboxylic acids is 1. The second-order valence-electron chi connectivity index (χ2n) is 7.67. The molecule has 0 spiro atoms. The predicted octanol–water partition coefficient (Wildman–Crippen LogP) is 4.46. The SMILES string of the molecule is COc1cc2c(cc1OC)CC(=O)N(CCCNCCNc1cc(Cl)c(N)c(Cl)c1)CC2.Cl.Cl. The van der Waals surface area contributed by atoms with Gasteiger partial charge in [-0.05, 0) is 54.8 Å². The second kappa shape index (κ2) is 14.6. The van der Waals surface area contributed by atoms with Crippen molar-refractivity contribution in [3.63, 3.8) is 0 Å². The highest BCUT2D eigenvalue weighted by molar-refractivity contribution is 6.39. The number of benzene rings is 2. The third-order valence-corrected chi connectivity index (χ3v) is 6.17. The number of nitrogen functional groups attached to an aromatic ring is 1. The molecular formula is C23H32Cl4N4O3. The first-order valence-electron chi connectivity index (χ1n) is 10.6. The summed E-state index contributed by atoms with van der Waals surface area (Å²) in [5.41, 5.74) is 9.13. The molecule has 0 atom stereocenters. The van der Waals surface area contributed by atoms with Gasteiger partial charge in [0.25, 0.3) is 0 Å². The van der Waals surface area contributed by atoms with Crippen LogP contribution >= 0.6 is 48.0 Å². The molecule has 0 aliphatic carbocycles. The summed E-state index contributed by atoms with van der Waals surface area (Å²) in [4.78, 5) is 14.7. The number of nitrogens with two attached hydrogens (primary N) is 1. The summed E-state index contributed by atoms with van der Waals surface area (Å²) in [6.45, 7) is 3.76. The van der Waals surface area contributed by atoms with Gasteiger partial charge < -0.3 is 30.7 Å². The molecular weight excluding hydrogens is 522 g/mol. The molecule has 1 amide bonds. The normalized spacial score (nSPS) is 12.7. The monoisotopic (exact) mass is 552 g/mol. The molecule has 0 bridgehead atoms. The molecule has 0 saturated carbocycles. The number of hydrogen-bond acceptors (Lipinski definition) is 6. The van der Waals surface area contributed by atoms with Crippen LogP contribution in [0.5, 0.6) is 11.5 Å². The molecule has 3 rings (SSSR count). The van der Waals surface area contributed by atoms with E-state index in [2.05, 4.69) is 10.6 Å². The van der Waals surface area contributed by atoms with Crippen molar-refractivity contribution in [3.8, 4) is 11.5 Å². The van der Waals surface area contributed by atoms with E-state index in [1.807, 2.05) is 17.0 Å². The average Bonchev–Trinajstić information content (AvgIpc) is 2.93. The number of rotatable bonds is 10. The standard InChI is InChI=1S/C23H30Cl2N4O3.2ClH/c1-31-20-10-15-4-9-29(22(30)12-16(15)11-21(20)32-2)8-3-5-27-6-7-28-17-13-18(24)23(26)19(25)14-17;;/h10-11,13-14,27-28H,3-9,12,26H2,1-2H3;2*1H. The van der Waals surface area contributed by atoms with Crippen LogP contribution in [-0.2, 0) is 17.6 Å². The number of nitrogens with one attached hydrogen (secondary N) is 2. The lowest BCUT2D eigenvalue weighted by molar-refractivity contribution is -0.130. The van der Waals surface area contributed by atoms with Crippen LogP contribution in [0, 0.1) is 0 Å². The lowest BCUT2D eigenvalue weighted by atomic mass is 10.0. The minimum absolute atomic E-state index is 0. The molecule has 190 valence electrons. The maximum Gasteiger partial charge on any atom is 0.227 e. The zero-order valence-electron chi connectivity index (χ0n) is 19.3. The van der Waals surface area contributed by atoms with Crippen LogP contribution in [0.2, 0.25) is 10.0 Å². The Balaban J connectivity index is 0.00000289. The van der Waals surface area contributed by atoms with Gasteiger partial charge in [-0.15, -0.1) is 24.8 Å². The molecule has 1 aliphatic rings. The smallest absolute Gasteiger partial charge is 0.227 e. The Labute approximate surface area is 223 Å². The average molecular weight is 554 g/mol. The molecule has 1 heterocycles. The number of amides is 1. The largest absolute Gasteiger partial charge is 0.493 e. The fourth-order valence-corrected chi connectivity index (χ4v) is 4.24. The van der Waals surface area contributed by atoms with Gasteiger partial charge in [-0.1, -0.05) is 23.2 Å². The molecule has 1 aliphatic heterocycles. The van der Waals surface area contributed by atoms with E-state index in [9.17, 15) is 4.79 Å². The van der Waals surface area contributed by atoms with Crippen molar-refractivity contribution in [2.75, 3.05) is 58.0 Å². The molecule has 7 nitrogen and oxygen atoms in total. The van der Waals surface area contributed by atoms with E-state index >= 15 is 0 Å². The first kappa shape index (κ1) is 30.3. The third-order valence-electron chi connectivity index (χ3n) is 5.54. The minimum Gasteiger partial charge on any atom is -0.493 e. The lowest BCUT2D eigenvalue weighted by Gasteiger charge is -2.20. The summed E-state index contributed by atoms with van der Waals surface area (Å²) in [6.07, 6.45) is 2.08. The Kier molecular flexibility index (Phi) is 13.0. The fraction of sp³-hybridized carbons (Fsp3) is 0.435. The van der Waals surface area contributed by atoms with E-state index in [1.165, 1.54) is 0 Å². The Hall–Kier alpha value is -1.77. The molecule has 11 heteroatoms. The zero-order valence-corrected chi connectivity index (χ0v) is 22.4. The highest BCUT2D eigenvalue weighted by atomic mass is 35.5. The number of methoxy groups -OCH3 is 2. The lowest BCUT2D eigenvalue weighted by Crippen LogP contribution is -2.35. The number of ether oxygens (including phenoxy) is 2. The Morgan fingerprint density at radius 3 is 2.21 bits per heavy atom. The van der Waals surface area contributed by atoms with Gasteiger partial charge in [0.1, 0.15) is 0 Å². The van der Waals surface area contributed by atoms with Crippen molar-refractivity contribution < 1.29 is 14.3 Å². The predicted molar refractivity (Wildman–Crippen MR) is 145 cm³/mol. The van der Waals surface area contributed by atoms with Crippen molar-refractivity contribution in [3.05, 3.63) is 45.4 Å². The number of fused-ring (bicyclic) bond motifs is 1. The van der Waals surface area contributed by atoms with Crippen LogP contribution in [0.15, 0.2) is 24.3 Å². The highest BCUT2D eigenvalue weighted by Crippen LogP contribution is 2.33. The fourth-order valence-electron chi connectivity index (χ4n) is 3.75. The first-order chi connectivity index (χ1) is 15.4. The first-order valence-corrected chi connectivity index (χ1v) is 11.4. The van der Waals surface area contributed by atoms with Crippen molar-refractivity contribution in [2.24, 2.45) is 0 Å². The molecule has 34 heavy (non-hydrogen) atoms. The Morgan fingerprint density at radius 1 is 0.971 bits per heavy atom. The summed E-state index contributed by atoms with van der Waals surface area (Å²) in [5, 5.41) is 7.53. The number of halogens is 4. The molecule has 0 aromatic heterocycles. The van der Waals surface area contributed by atoms with Crippen LogP contribution in [0.25, 0.3) is 0 Å². The maximum atomic E-state index is 12.7. The topological polar surface area (TPSA) is 88.9 Å². The quantitative estimate of drug-likeness (QED) is 0.297. The van der Waals surface area contributed by atoms with Crippen molar-refractivity contribution in [2.45, 2.75) is 19.3 Å². The second-order valence-corrected chi connectivity index (χ2v) is 8.48. The van der Waals surface area contributed by atoms with Crippen LogP contribution in [0.3, 0.4) is 0 Å². The van der Waals surface area contributed by atoms with E-state index in [0.29, 0.717) is 40.2 Å². The summed E-state index contributed by atoms with van der Waals surface area (Å²) in [5.74, 6) is 1.51. The van der Waals surface area contributed by atoms with Crippen LogP contribution in [-0.4, -0.2) is 57.8 Å². The van der Waals surface area contributed by atoms with Gasteiger partial charge in [0.15, 0.2) is 11.5 Å². The van der Waals surface area contributed by atoms with Gasteiger partial charge in [-0.25, -0.2) is 0 Å². The molecule has 0 saturated heterocycles. The highest BCUT2D eigenvalue weighted by Gasteiger charge is 2.22. The van der Waals surface area contributed by atoms with Gasteiger partial charge in [-0.2, -0.15) is 0 Å². The molecule has 2 aromatic rings. The van der Waals surface area contributed by atoms with Crippen LogP contribution in [0.4, 0.5) is 11.4 Å². The van der Waals surface area contributed by atoms with Crippen LogP contribution in [0.1, 0.15) is 17.5 Å². The Bertz CT molecular complexity index is 939. The number of nitrogens with zero attached hydrogens (tertiary/aromatic N) is 1. The summed E-state index contributed by atoms with van der Waals surface area (Å²) in [7, 11) is 3.23. The van der Waals surface area contributed by atoms with Crippen molar-refractivity contribution in [1.29, 1.82) is 0 Å². The Morgan fingerprint density at radius 2 is 1.59 bits per heavy atom. The molecule has 0 radical (unpaired) electrons. The van der Waals surface area contributed by atoms with Crippen molar-refractivity contribution >= 4 is 65.3 Å². The summed E-state index contributed by atoms with van der Waals surface area (Å²) >= 11 is 12.1. The summed E-state index contributed by atoms with van der Waals surface area (Å²) in [6, 6.07) is 7.43. The minimum atomic E-state index is 0. The molecule has 2 aromatic carbocycles. The van der Waals surface area contributed by atoms with E-state index in [1.54, 1.807) is 26.4 Å². The number of hydrogen-bond donors (Lipinski definition) is 3. The van der Waals surface area contributed by atoms with E-state index in [4.69, 9.17) is 38.4 Å². The van der Waals surface area contributed by atoms with Gasteiger partial charge >= 0.3 is 0 Å². The molecule has 4 N–H and O–H groups in total. The van der Waals surface area contributed by atoms with Crippen LogP contribution < -0.4 is 25.8 Å². The van der Waals surface area contributed by atoms with E-state index < -0.39 is 0 Å². The van der Waals surface area contributed by atoms with E-state index in [0.717, 1.165) is 55.8 Å². The number of carbonyl (C=O) groups is 1. The van der Waals surface area contributed by atoms with Gasteiger partial charge in [0.05, 0.1) is 36.4 Å². The summed E-state index contributed by atoms with van der Waals surface area (Å²) < 4.78 is 10.8. The molecule has 0 fully saturated rings. The third kappa shape index (κ3) is 7.89. The zero-order chi connectivity index (χ0) is 23.1. The van der Waals surface area contributed by atoms with Crippen molar-refractivity contribution in [1.82, 2.24) is 10.2 Å². The maximum absolute atomic E-state index is 12.7. The van der Waals surface area contributed by atoms with Gasteiger partial charge in [-0.3, -0.25) is 4.79 Å². The van der Waals surface area contributed by atoms with Gasteiger partial charge in [0.2, 0.25) is 5.91 Å². The van der Waals surface area contributed by atoms with E-state index in [-0.39, 0.29) is 30.7 Å². The number of anilines is 2.